The Kier molecular flexibility index (Phi) is 6.60. The van der Waals surface area contributed by atoms with Crippen molar-refractivity contribution in [2.45, 2.75) is 38.1 Å². The Labute approximate surface area is 204 Å². The van der Waals surface area contributed by atoms with Gasteiger partial charge >= 0.3 is 12.1 Å². The molecule has 0 fully saturated rings. The number of benzene rings is 3. The SMILES string of the molecule is CC(C(=O)O)c1ccc(NC(=O)C(C)(C)NC(=O)OCC2c3ccccc3-c3ccccc32)cc1. The Morgan fingerprint density at radius 2 is 1.46 bits per heavy atom. The fourth-order valence-electron chi connectivity index (χ4n) is 4.23. The van der Waals surface area contributed by atoms with Crippen molar-refractivity contribution in [2.24, 2.45) is 0 Å². The number of fused-ring (bicyclic) bond motifs is 3. The minimum Gasteiger partial charge on any atom is -0.481 e. The molecule has 3 aromatic rings. The fourth-order valence-corrected chi connectivity index (χ4v) is 4.23. The van der Waals surface area contributed by atoms with Gasteiger partial charge in [0.05, 0.1) is 5.92 Å². The van der Waals surface area contributed by atoms with Gasteiger partial charge < -0.3 is 20.5 Å². The number of carbonyl (C=O) groups is 3. The molecule has 3 aromatic carbocycles. The Hall–Kier alpha value is -4.13. The van der Waals surface area contributed by atoms with E-state index in [-0.39, 0.29) is 12.5 Å². The predicted octanol–water partition coefficient (Wildman–Crippen LogP) is 5.13. The fraction of sp³-hybridized carbons (Fsp3) is 0.250. The van der Waals surface area contributed by atoms with Gasteiger partial charge in [-0.1, -0.05) is 60.7 Å². The number of nitrogens with one attached hydrogen (secondary N) is 2. The Morgan fingerprint density at radius 1 is 0.914 bits per heavy atom. The number of ether oxygens (including phenoxy) is 1. The van der Waals surface area contributed by atoms with Gasteiger partial charge in [0.25, 0.3) is 0 Å². The van der Waals surface area contributed by atoms with E-state index in [9.17, 15) is 14.4 Å². The summed E-state index contributed by atoms with van der Waals surface area (Å²) in [4.78, 5) is 36.6. The van der Waals surface area contributed by atoms with Gasteiger partial charge in [-0.05, 0) is 60.7 Å². The second kappa shape index (κ2) is 9.62. The second-order valence-corrected chi connectivity index (χ2v) is 9.21. The molecule has 0 aromatic heterocycles. The van der Waals surface area contributed by atoms with E-state index < -0.39 is 29.4 Å². The van der Waals surface area contributed by atoms with Crippen molar-refractivity contribution < 1.29 is 24.2 Å². The molecule has 4 rings (SSSR count). The highest BCUT2D eigenvalue weighted by atomic mass is 16.5. The summed E-state index contributed by atoms with van der Waals surface area (Å²) in [5, 5.41) is 14.5. The van der Waals surface area contributed by atoms with Crippen LogP contribution in [0.15, 0.2) is 72.8 Å². The van der Waals surface area contributed by atoms with Crippen molar-refractivity contribution in [3.63, 3.8) is 0 Å². The number of alkyl carbamates (subject to hydrolysis) is 1. The van der Waals surface area contributed by atoms with E-state index in [0.717, 1.165) is 22.3 Å². The van der Waals surface area contributed by atoms with Crippen LogP contribution in [0.3, 0.4) is 0 Å². The average Bonchev–Trinajstić information content (AvgIpc) is 3.16. The lowest BCUT2D eigenvalue weighted by Crippen LogP contribution is -2.52. The molecule has 0 spiro atoms. The predicted molar refractivity (Wildman–Crippen MR) is 133 cm³/mol. The topological polar surface area (TPSA) is 105 Å². The van der Waals surface area contributed by atoms with Crippen LogP contribution in [0.4, 0.5) is 10.5 Å². The van der Waals surface area contributed by atoms with Crippen LogP contribution in [-0.2, 0) is 14.3 Å². The van der Waals surface area contributed by atoms with Gasteiger partial charge in [-0.15, -0.1) is 0 Å². The Bertz CT molecular complexity index is 1220. The van der Waals surface area contributed by atoms with E-state index in [2.05, 4.69) is 22.8 Å². The summed E-state index contributed by atoms with van der Waals surface area (Å²) >= 11 is 0. The third kappa shape index (κ3) is 5.04. The standard InChI is InChI=1S/C28H28N2O5/c1-17(25(31)32)18-12-14-19(15-13-18)29-26(33)28(2,3)30-27(34)35-16-24-22-10-6-4-8-20(22)21-9-5-7-11-23(21)24/h4-15,17,24H,16H2,1-3H3,(H,29,33)(H,30,34)(H,31,32). The molecule has 0 saturated carbocycles. The number of hydrogen-bond donors (Lipinski definition) is 3. The molecular formula is C28H28N2O5. The molecular weight excluding hydrogens is 444 g/mol. The van der Waals surface area contributed by atoms with E-state index in [0.29, 0.717) is 11.3 Å². The molecule has 7 nitrogen and oxygen atoms in total. The minimum absolute atomic E-state index is 0.0724. The highest BCUT2D eigenvalue weighted by molar-refractivity contribution is 5.99. The zero-order valence-corrected chi connectivity index (χ0v) is 19.9. The van der Waals surface area contributed by atoms with E-state index in [1.165, 1.54) is 0 Å². The van der Waals surface area contributed by atoms with E-state index in [4.69, 9.17) is 9.84 Å². The highest BCUT2D eigenvalue weighted by Crippen LogP contribution is 2.44. The summed E-state index contributed by atoms with van der Waals surface area (Å²) in [5.41, 5.74) is 4.39. The molecule has 180 valence electrons. The van der Waals surface area contributed by atoms with Gasteiger partial charge in [0.2, 0.25) is 5.91 Å². The largest absolute Gasteiger partial charge is 0.481 e. The van der Waals surface area contributed by atoms with Crippen LogP contribution < -0.4 is 10.6 Å². The van der Waals surface area contributed by atoms with Crippen LogP contribution in [0.2, 0.25) is 0 Å². The lowest BCUT2D eigenvalue weighted by Gasteiger charge is -2.25. The second-order valence-electron chi connectivity index (χ2n) is 9.21. The smallest absolute Gasteiger partial charge is 0.408 e. The van der Waals surface area contributed by atoms with Gasteiger partial charge in [0, 0.05) is 11.6 Å². The minimum atomic E-state index is -1.24. The highest BCUT2D eigenvalue weighted by Gasteiger charge is 2.32. The van der Waals surface area contributed by atoms with Crippen molar-refractivity contribution in [3.8, 4) is 11.1 Å². The summed E-state index contributed by atoms with van der Waals surface area (Å²) in [6.07, 6.45) is -0.683. The molecule has 35 heavy (non-hydrogen) atoms. The van der Waals surface area contributed by atoms with E-state index >= 15 is 0 Å². The van der Waals surface area contributed by atoms with Crippen LogP contribution in [-0.4, -0.2) is 35.2 Å². The summed E-state index contributed by atoms with van der Waals surface area (Å²) in [5.74, 6) is -2.07. The molecule has 1 unspecified atom stereocenters. The summed E-state index contributed by atoms with van der Waals surface area (Å²) < 4.78 is 5.55. The number of carbonyl (C=O) groups excluding carboxylic acids is 2. The van der Waals surface area contributed by atoms with Gasteiger partial charge in [-0.2, -0.15) is 0 Å². The zero-order valence-electron chi connectivity index (χ0n) is 19.9. The average molecular weight is 473 g/mol. The number of hydrogen-bond acceptors (Lipinski definition) is 4. The first-order valence-electron chi connectivity index (χ1n) is 11.4. The molecule has 0 heterocycles. The quantitative estimate of drug-likeness (QED) is 0.442. The van der Waals surface area contributed by atoms with Crippen LogP contribution in [0, 0.1) is 0 Å². The zero-order chi connectivity index (χ0) is 25.2. The first-order valence-corrected chi connectivity index (χ1v) is 11.4. The number of rotatable bonds is 7. The van der Waals surface area contributed by atoms with Crippen molar-refractivity contribution in [2.75, 3.05) is 11.9 Å². The Morgan fingerprint density at radius 3 is 2.00 bits per heavy atom. The van der Waals surface area contributed by atoms with E-state index in [1.54, 1.807) is 45.0 Å². The van der Waals surface area contributed by atoms with Gasteiger partial charge in [0.15, 0.2) is 0 Å². The number of carboxylic acids is 1. The van der Waals surface area contributed by atoms with Crippen LogP contribution in [0.5, 0.6) is 0 Å². The molecule has 0 radical (unpaired) electrons. The van der Waals surface area contributed by atoms with Crippen molar-refractivity contribution in [1.29, 1.82) is 0 Å². The number of carboxylic acid groups (broad SMARTS) is 1. The van der Waals surface area contributed by atoms with Crippen LogP contribution >= 0.6 is 0 Å². The number of anilines is 1. The maximum absolute atomic E-state index is 12.8. The molecule has 1 aliphatic carbocycles. The van der Waals surface area contributed by atoms with Crippen molar-refractivity contribution >= 4 is 23.7 Å². The van der Waals surface area contributed by atoms with Gasteiger partial charge in [-0.3, -0.25) is 9.59 Å². The van der Waals surface area contributed by atoms with Gasteiger partial charge in [0.1, 0.15) is 12.1 Å². The molecule has 1 atom stereocenters. The monoisotopic (exact) mass is 472 g/mol. The molecule has 3 N–H and O–H groups in total. The summed E-state index contributed by atoms with van der Waals surface area (Å²) in [7, 11) is 0. The molecule has 7 heteroatoms. The molecule has 0 saturated heterocycles. The van der Waals surface area contributed by atoms with E-state index in [1.807, 2.05) is 36.4 Å². The number of aliphatic carboxylic acids is 1. The maximum atomic E-state index is 12.8. The molecule has 0 aliphatic heterocycles. The molecule has 2 amide bonds. The molecule has 1 aliphatic rings. The maximum Gasteiger partial charge on any atom is 0.408 e. The normalized spacial score (nSPS) is 13.3. The summed E-state index contributed by atoms with van der Waals surface area (Å²) in [6, 6.07) is 22.7. The Balaban J connectivity index is 1.36. The third-order valence-electron chi connectivity index (χ3n) is 6.36. The third-order valence-corrected chi connectivity index (χ3v) is 6.36. The van der Waals surface area contributed by atoms with Gasteiger partial charge in [-0.25, -0.2) is 4.79 Å². The van der Waals surface area contributed by atoms with Crippen LogP contribution in [0.1, 0.15) is 49.3 Å². The summed E-state index contributed by atoms with van der Waals surface area (Å²) in [6.45, 7) is 4.92. The lowest BCUT2D eigenvalue weighted by atomic mass is 9.98. The van der Waals surface area contributed by atoms with Crippen LogP contribution in [0.25, 0.3) is 11.1 Å². The number of amides is 2. The lowest BCUT2D eigenvalue weighted by molar-refractivity contribution is -0.138. The molecule has 0 bridgehead atoms. The first-order chi connectivity index (χ1) is 16.7. The first kappa shape index (κ1) is 24.0. The van der Waals surface area contributed by atoms with Crippen molar-refractivity contribution in [3.05, 3.63) is 89.5 Å². The van der Waals surface area contributed by atoms with Crippen molar-refractivity contribution in [1.82, 2.24) is 5.32 Å².